The van der Waals surface area contributed by atoms with Crippen LogP contribution in [0.15, 0.2) is 30.3 Å². The Balaban J connectivity index is 0.00000312. The molecule has 1 fully saturated rings. The Labute approximate surface area is 134 Å². The third kappa shape index (κ3) is 3.53. The Morgan fingerprint density at radius 3 is 2.85 bits per heavy atom. The van der Waals surface area contributed by atoms with Gasteiger partial charge in [0, 0.05) is 4.11 Å². The van der Waals surface area contributed by atoms with Crippen LogP contribution in [0.1, 0.15) is 38.5 Å². The summed E-state index contributed by atoms with van der Waals surface area (Å²) >= 11 is 0. The molecule has 1 aromatic carbocycles. The fraction of sp³-hybridized carbons (Fsp3) is 0.562. The summed E-state index contributed by atoms with van der Waals surface area (Å²) in [7, 11) is 1.97. The number of benzene rings is 1. The number of ether oxygens (including phenoxy) is 1. The van der Waals surface area contributed by atoms with Gasteiger partial charge in [0.25, 0.3) is 0 Å². The first-order valence-corrected chi connectivity index (χ1v) is 6.56. The lowest BCUT2D eigenvalue weighted by molar-refractivity contribution is -0.150. The largest absolute Gasteiger partial charge is 0.465 e. The fourth-order valence-corrected chi connectivity index (χ4v) is 2.78. The molecule has 0 radical (unpaired) electrons. The molecule has 1 aliphatic heterocycles. The minimum Gasteiger partial charge on any atom is -0.465 e. The van der Waals surface area contributed by atoms with E-state index in [9.17, 15) is 4.79 Å². The van der Waals surface area contributed by atoms with Crippen LogP contribution in [0, 0.1) is 0 Å². The van der Waals surface area contributed by atoms with Gasteiger partial charge in [-0.3, -0.25) is 4.79 Å². The van der Waals surface area contributed by atoms with E-state index >= 15 is 0 Å². The molecule has 2 rings (SSSR count). The van der Waals surface area contributed by atoms with Crippen molar-refractivity contribution in [2.75, 3.05) is 26.7 Å². The van der Waals surface area contributed by atoms with Gasteiger partial charge in [-0.25, -0.2) is 0 Å². The lowest BCUT2D eigenvalue weighted by atomic mass is 9.74. The number of esters is 1. The van der Waals surface area contributed by atoms with E-state index in [0.29, 0.717) is 19.4 Å². The lowest BCUT2D eigenvalue weighted by Crippen LogP contribution is -2.38. The Morgan fingerprint density at radius 2 is 2.15 bits per heavy atom. The van der Waals surface area contributed by atoms with Gasteiger partial charge in [0.05, 0.1) is 14.7 Å². The van der Waals surface area contributed by atoms with Gasteiger partial charge in [0.15, 0.2) is 0 Å². The number of nitrogens with zero attached hydrogens (tertiary/aromatic N) is 1. The number of rotatable bonds is 3. The molecule has 0 N–H and O–H groups in total. The highest BCUT2D eigenvalue weighted by Crippen LogP contribution is 2.36. The Bertz CT molecular complexity index is 582. The van der Waals surface area contributed by atoms with E-state index in [-0.39, 0.29) is 12.4 Å². The van der Waals surface area contributed by atoms with Gasteiger partial charge in [0.1, 0.15) is 0 Å². The van der Waals surface area contributed by atoms with Crippen LogP contribution in [0.2, 0.25) is 0 Å². The topological polar surface area (TPSA) is 29.5 Å². The van der Waals surface area contributed by atoms with Crippen LogP contribution < -0.4 is 0 Å². The van der Waals surface area contributed by atoms with Gasteiger partial charge in [-0.1, -0.05) is 30.3 Å². The van der Waals surface area contributed by atoms with Crippen LogP contribution in [0.4, 0.5) is 0 Å². The average molecular weight is 303 g/mol. The number of carbonyl (C=O) groups is 1. The summed E-state index contributed by atoms with van der Waals surface area (Å²) in [5.41, 5.74) is -0.281. The second kappa shape index (κ2) is 7.65. The minimum atomic E-state index is -3.03. The van der Waals surface area contributed by atoms with Gasteiger partial charge in [-0.15, -0.1) is 12.4 Å². The minimum absolute atomic E-state index is 0. The van der Waals surface area contributed by atoms with Gasteiger partial charge in [0.2, 0.25) is 0 Å². The van der Waals surface area contributed by atoms with Crippen molar-refractivity contribution in [2.45, 2.75) is 31.5 Å². The first-order valence-electron chi connectivity index (χ1n) is 9.06. The normalized spacial score (nSPS) is 28.6. The summed E-state index contributed by atoms with van der Waals surface area (Å²) in [4.78, 5) is 15.0. The van der Waals surface area contributed by atoms with E-state index in [2.05, 4.69) is 4.90 Å². The highest BCUT2D eigenvalue weighted by atomic mass is 35.5. The first kappa shape index (κ1) is 10.6. The zero-order valence-electron chi connectivity index (χ0n) is 16.6. The SMILES string of the molecule is Cl.[2H]C([2H])([2H])C([2H])([2H])OC(=O)C1(c2ccccc2)CCCN(C)CC1. The Morgan fingerprint density at radius 1 is 1.40 bits per heavy atom. The second-order valence-corrected chi connectivity index (χ2v) is 5.10. The third-order valence-electron chi connectivity index (χ3n) is 3.92. The van der Waals surface area contributed by atoms with Crippen molar-refractivity contribution < 1.29 is 16.4 Å². The van der Waals surface area contributed by atoms with Crippen molar-refractivity contribution >= 4 is 18.4 Å². The summed E-state index contributed by atoms with van der Waals surface area (Å²) in [5.74, 6) is -0.801. The summed E-state index contributed by atoms with van der Waals surface area (Å²) in [6, 6.07) is 9.11. The van der Waals surface area contributed by atoms with E-state index in [0.717, 1.165) is 18.5 Å². The molecule has 1 unspecified atom stereocenters. The molecule has 0 aromatic heterocycles. The zero-order valence-corrected chi connectivity index (χ0v) is 12.4. The van der Waals surface area contributed by atoms with E-state index in [1.54, 1.807) is 0 Å². The molecular weight excluding hydrogens is 274 g/mol. The Hall–Kier alpha value is -1.06. The van der Waals surface area contributed by atoms with Crippen molar-refractivity contribution in [1.29, 1.82) is 0 Å². The number of hydrogen-bond donors (Lipinski definition) is 0. The molecule has 0 amide bonds. The highest BCUT2D eigenvalue weighted by molar-refractivity contribution is 5.85. The monoisotopic (exact) mass is 302 g/mol. The van der Waals surface area contributed by atoms with Crippen LogP contribution in [-0.2, 0) is 14.9 Å². The molecule has 4 heteroatoms. The highest BCUT2D eigenvalue weighted by Gasteiger charge is 2.42. The van der Waals surface area contributed by atoms with Crippen molar-refractivity contribution in [2.24, 2.45) is 0 Å². The number of hydrogen-bond acceptors (Lipinski definition) is 3. The van der Waals surface area contributed by atoms with Gasteiger partial charge >= 0.3 is 5.97 Å². The van der Waals surface area contributed by atoms with Crippen LogP contribution in [0.25, 0.3) is 0 Å². The van der Waals surface area contributed by atoms with E-state index in [1.807, 2.05) is 37.4 Å². The molecule has 20 heavy (non-hydrogen) atoms. The first-order chi connectivity index (χ1) is 11.1. The number of carbonyl (C=O) groups excluding carboxylic acids is 1. The van der Waals surface area contributed by atoms with Crippen LogP contribution in [0.5, 0.6) is 0 Å². The Kier molecular flexibility index (Phi) is 4.07. The predicted molar refractivity (Wildman–Crippen MR) is 83.3 cm³/mol. The summed E-state index contributed by atoms with van der Waals surface area (Å²) in [6.07, 6.45) is 1.71. The summed E-state index contributed by atoms with van der Waals surface area (Å²) in [6.45, 7) is -4.55. The van der Waals surface area contributed by atoms with Crippen molar-refractivity contribution in [3.8, 4) is 0 Å². The van der Waals surface area contributed by atoms with Crippen LogP contribution >= 0.6 is 12.4 Å². The van der Waals surface area contributed by atoms with Crippen molar-refractivity contribution in [1.82, 2.24) is 4.90 Å². The summed E-state index contributed by atoms with van der Waals surface area (Å²) in [5, 5.41) is 0. The maximum absolute atomic E-state index is 12.9. The molecule has 1 atom stereocenters. The van der Waals surface area contributed by atoms with Crippen molar-refractivity contribution in [3.63, 3.8) is 0 Å². The second-order valence-electron chi connectivity index (χ2n) is 5.10. The summed E-state index contributed by atoms with van der Waals surface area (Å²) < 4.78 is 41.9. The van der Waals surface area contributed by atoms with Crippen LogP contribution in [0.3, 0.4) is 0 Å². The zero-order chi connectivity index (χ0) is 18.0. The van der Waals surface area contributed by atoms with Crippen molar-refractivity contribution in [3.05, 3.63) is 35.9 Å². The number of likely N-dealkylation sites (tertiary alicyclic amines) is 1. The smallest absolute Gasteiger partial charge is 0.316 e. The fourth-order valence-electron chi connectivity index (χ4n) is 2.78. The maximum atomic E-state index is 12.9. The van der Waals surface area contributed by atoms with E-state index in [4.69, 9.17) is 11.6 Å². The number of halogens is 1. The third-order valence-corrected chi connectivity index (χ3v) is 3.92. The molecule has 0 saturated carbocycles. The average Bonchev–Trinajstić information content (AvgIpc) is 2.69. The van der Waals surface area contributed by atoms with E-state index < -0.39 is 24.8 Å². The standard InChI is InChI=1S/C16H23NO2.ClH/c1-3-19-15(18)16(14-8-5-4-6-9-14)10-7-12-17(2)13-11-16;/h4-6,8-9H,3,7,10-13H2,1-2H3;1H/i1D3,3D2;. The molecule has 1 heterocycles. The molecule has 1 aliphatic rings. The maximum Gasteiger partial charge on any atom is 0.316 e. The molecule has 1 aromatic rings. The van der Waals surface area contributed by atoms with Gasteiger partial charge in [-0.2, -0.15) is 0 Å². The molecule has 0 spiro atoms. The quantitative estimate of drug-likeness (QED) is 0.804. The van der Waals surface area contributed by atoms with E-state index in [1.165, 1.54) is 0 Å². The molecule has 0 bridgehead atoms. The van der Waals surface area contributed by atoms with Gasteiger partial charge in [-0.05, 0) is 51.8 Å². The molecule has 3 nitrogen and oxygen atoms in total. The predicted octanol–water partition coefficient (Wildman–Crippen LogP) is 3.03. The molecular formula is C16H24ClNO2. The molecule has 0 aliphatic carbocycles. The molecule has 112 valence electrons. The lowest BCUT2D eigenvalue weighted by Gasteiger charge is -2.30. The van der Waals surface area contributed by atoms with Crippen LogP contribution in [-0.4, -0.2) is 37.6 Å². The van der Waals surface area contributed by atoms with Gasteiger partial charge < -0.3 is 9.64 Å². The molecule has 1 saturated heterocycles.